The topological polar surface area (TPSA) is 54.0 Å². The minimum Gasteiger partial charge on any atom is -0.489 e. The number of piperidine rings is 1. The van der Waals surface area contributed by atoms with E-state index in [1.807, 2.05) is 29.2 Å². The fourth-order valence-corrected chi connectivity index (χ4v) is 4.78. The lowest BCUT2D eigenvalue weighted by Crippen LogP contribution is -2.49. The third-order valence-corrected chi connectivity index (χ3v) is 6.29. The Morgan fingerprint density at radius 2 is 1.82 bits per heavy atom. The number of nitrogens with one attached hydrogen (secondary N) is 1. The number of likely N-dealkylation sites (tertiary alicyclic amines) is 1. The molecule has 0 unspecified atom stereocenters. The lowest BCUT2D eigenvalue weighted by Gasteiger charge is -2.39. The van der Waals surface area contributed by atoms with Gasteiger partial charge in [0.2, 0.25) is 0 Å². The van der Waals surface area contributed by atoms with Gasteiger partial charge in [0.25, 0.3) is 0 Å². The van der Waals surface area contributed by atoms with Gasteiger partial charge in [-0.3, -0.25) is 4.90 Å². The van der Waals surface area contributed by atoms with Crippen LogP contribution in [0.25, 0.3) is 0 Å². The third-order valence-electron chi connectivity index (χ3n) is 6.29. The number of amides is 2. The van der Waals surface area contributed by atoms with Crippen LogP contribution in [0.5, 0.6) is 5.75 Å². The molecule has 0 spiro atoms. The number of nitrogens with zero attached hydrogens (tertiary/aromatic N) is 2. The maximum atomic E-state index is 13.3. The molecule has 0 aromatic heterocycles. The Bertz CT molecular complexity index is 923. The number of ether oxygens (including phenoxy) is 2. The number of hydrogen-bond donors (Lipinski definition) is 1. The van der Waals surface area contributed by atoms with E-state index in [1.54, 1.807) is 12.1 Å². The molecule has 4 rings (SSSR count). The standard InChI is InChI=1S/C26H34FN3O3/c1-19-15-29(16-20(2)33-19)17-21-9-11-30(12-10-21)26(31)28-24-7-4-8-25(14-24)32-18-22-5-3-6-23(27)13-22/h3-8,13-14,19-21H,9-12,15-18H2,1-2H3,(H,28,31)/t19-,20-/m1/s1. The van der Waals surface area contributed by atoms with Crippen LogP contribution in [0.2, 0.25) is 0 Å². The minimum absolute atomic E-state index is 0.0793. The number of anilines is 1. The SMILES string of the molecule is C[C@@H]1CN(CC2CCN(C(=O)Nc3cccc(OCc4cccc(F)c4)c3)CC2)C[C@@H](C)O1. The van der Waals surface area contributed by atoms with Crippen molar-refractivity contribution in [3.05, 3.63) is 59.9 Å². The minimum atomic E-state index is -0.282. The number of carbonyl (C=O) groups excluding carboxylic acids is 1. The normalized spacial score (nSPS) is 22.2. The van der Waals surface area contributed by atoms with Gasteiger partial charge in [-0.25, -0.2) is 9.18 Å². The average molecular weight is 456 g/mol. The number of urea groups is 1. The van der Waals surface area contributed by atoms with Crippen molar-refractivity contribution in [3.63, 3.8) is 0 Å². The predicted molar refractivity (Wildman–Crippen MR) is 127 cm³/mol. The summed E-state index contributed by atoms with van der Waals surface area (Å²) in [7, 11) is 0. The Morgan fingerprint density at radius 1 is 1.09 bits per heavy atom. The Morgan fingerprint density at radius 3 is 2.55 bits per heavy atom. The molecule has 0 saturated carbocycles. The lowest BCUT2D eigenvalue weighted by molar-refractivity contribution is -0.0728. The van der Waals surface area contributed by atoms with Crippen molar-refractivity contribution in [2.75, 3.05) is 38.0 Å². The van der Waals surface area contributed by atoms with Crippen LogP contribution in [0.15, 0.2) is 48.5 Å². The van der Waals surface area contributed by atoms with Crippen molar-refractivity contribution < 1.29 is 18.7 Å². The third kappa shape index (κ3) is 6.92. The molecule has 2 aliphatic heterocycles. The summed E-state index contributed by atoms with van der Waals surface area (Å²) in [5.41, 5.74) is 1.45. The van der Waals surface area contributed by atoms with E-state index in [0.29, 0.717) is 17.4 Å². The quantitative estimate of drug-likeness (QED) is 0.683. The summed E-state index contributed by atoms with van der Waals surface area (Å²) >= 11 is 0. The van der Waals surface area contributed by atoms with E-state index in [2.05, 4.69) is 24.1 Å². The predicted octanol–water partition coefficient (Wildman–Crippen LogP) is 4.76. The van der Waals surface area contributed by atoms with Crippen molar-refractivity contribution in [2.24, 2.45) is 5.92 Å². The molecular formula is C26H34FN3O3. The summed E-state index contributed by atoms with van der Waals surface area (Å²) in [6.07, 6.45) is 2.61. The van der Waals surface area contributed by atoms with Gasteiger partial charge in [-0.2, -0.15) is 0 Å². The van der Waals surface area contributed by atoms with E-state index in [9.17, 15) is 9.18 Å². The maximum Gasteiger partial charge on any atom is 0.321 e. The van der Waals surface area contributed by atoms with Gasteiger partial charge in [-0.15, -0.1) is 0 Å². The number of halogens is 1. The summed E-state index contributed by atoms with van der Waals surface area (Å²) in [6, 6.07) is 13.6. The molecule has 0 bridgehead atoms. The van der Waals surface area contributed by atoms with Gasteiger partial charge in [0.05, 0.1) is 12.2 Å². The van der Waals surface area contributed by atoms with Crippen molar-refractivity contribution in [2.45, 2.75) is 45.5 Å². The molecule has 0 aliphatic carbocycles. The first-order valence-electron chi connectivity index (χ1n) is 11.9. The number of carbonyl (C=O) groups is 1. The summed E-state index contributed by atoms with van der Waals surface area (Å²) in [4.78, 5) is 17.2. The molecule has 7 heteroatoms. The highest BCUT2D eigenvalue weighted by Crippen LogP contribution is 2.23. The van der Waals surface area contributed by atoms with Crippen LogP contribution in [0.3, 0.4) is 0 Å². The average Bonchev–Trinajstić information content (AvgIpc) is 2.78. The zero-order valence-corrected chi connectivity index (χ0v) is 19.5. The van der Waals surface area contributed by atoms with Crippen LogP contribution >= 0.6 is 0 Å². The van der Waals surface area contributed by atoms with Gasteiger partial charge in [0.15, 0.2) is 0 Å². The zero-order valence-electron chi connectivity index (χ0n) is 19.5. The van der Waals surface area contributed by atoms with Crippen LogP contribution < -0.4 is 10.1 Å². The highest BCUT2D eigenvalue weighted by molar-refractivity contribution is 5.89. The van der Waals surface area contributed by atoms with Crippen LogP contribution in [0, 0.1) is 11.7 Å². The fourth-order valence-electron chi connectivity index (χ4n) is 4.78. The second-order valence-electron chi connectivity index (χ2n) is 9.28. The molecule has 33 heavy (non-hydrogen) atoms. The van der Waals surface area contributed by atoms with Gasteiger partial charge < -0.3 is 19.7 Å². The summed E-state index contributed by atoms with van der Waals surface area (Å²) < 4.78 is 24.9. The lowest BCUT2D eigenvalue weighted by atomic mass is 9.96. The first-order valence-corrected chi connectivity index (χ1v) is 11.9. The van der Waals surface area contributed by atoms with Crippen LogP contribution in [0.4, 0.5) is 14.9 Å². The largest absolute Gasteiger partial charge is 0.489 e. The smallest absolute Gasteiger partial charge is 0.321 e. The van der Waals surface area contributed by atoms with Gasteiger partial charge >= 0.3 is 6.03 Å². The summed E-state index contributed by atoms with van der Waals surface area (Å²) in [5.74, 6) is 0.964. The highest BCUT2D eigenvalue weighted by Gasteiger charge is 2.28. The van der Waals surface area contributed by atoms with E-state index >= 15 is 0 Å². The number of morpholine rings is 1. The van der Waals surface area contributed by atoms with Gasteiger partial charge in [0.1, 0.15) is 18.2 Å². The molecule has 2 aromatic carbocycles. The molecular weight excluding hydrogens is 421 g/mol. The molecule has 0 radical (unpaired) electrons. The first kappa shape index (κ1) is 23.5. The summed E-state index contributed by atoms with van der Waals surface area (Å²) in [5, 5.41) is 2.99. The van der Waals surface area contributed by atoms with Crippen LogP contribution in [-0.2, 0) is 11.3 Å². The Labute approximate surface area is 195 Å². The molecule has 2 fully saturated rings. The molecule has 2 saturated heterocycles. The van der Waals surface area contributed by atoms with Gasteiger partial charge in [-0.05, 0) is 62.4 Å². The van der Waals surface area contributed by atoms with E-state index in [4.69, 9.17) is 9.47 Å². The monoisotopic (exact) mass is 455 g/mol. The van der Waals surface area contributed by atoms with E-state index in [0.717, 1.165) is 51.1 Å². The van der Waals surface area contributed by atoms with Gasteiger partial charge in [0, 0.05) is 44.5 Å². The molecule has 6 nitrogen and oxygen atoms in total. The molecule has 2 atom stereocenters. The van der Waals surface area contributed by atoms with Crippen molar-refractivity contribution >= 4 is 11.7 Å². The highest BCUT2D eigenvalue weighted by atomic mass is 19.1. The van der Waals surface area contributed by atoms with Crippen LogP contribution in [-0.4, -0.2) is 60.8 Å². The molecule has 178 valence electrons. The number of benzene rings is 2. The summed E-state index contributed by atoms with van der Waals surface area (Å²) in [6.45, 7) is 9.13. The molecule has 1 N–H and O–H groups in total. The zero-order chi connectivity index (χ0) is 23.2. The Hall–Kier alpha value is -2.64. The van der Waals surface area contributed by atoms with E-state index in [-0.39, 0.29) is 30.7 Å². The second kappa shape index (κ2) is 11.0. The Kier molecular flexibility index (Phi) is 7.83. The van der Waals surface area contributed by atoms with Gasteiger partial charge in [-0.1, -0.05) is 18.2 Å². The van der Waals surface area contributed by atoms with Crippen molar-refractivity contribution in [3.8, 4) is 5.75 Å². The molecule has 2 amide bonds. The molecule has 2 aliphatic rings. The molecule has 2 heterocycles. The second-order valence-corrected chi connectivity index (χ2v) is 9.28. The van der Waals surface area contributed by atoms with E-state index in [1.165, 1.54) is 12.1 Å². The van der Waals surface area contributed by atoms with Crippen molar-refractivity contribution in [1.82, 2.24) is 9.80 Å². The molecule has 2 aromatic rings. The fraction of sp³-hybridized carbons (Fsp3) is 0.500. The maximum absolute atomic E-state index is 13.3. The number of hydrogen-bond acceptors (Lipinski definition) is 4. The van der Waals surface area contributed by atoms with E-state index < -0.39 is 0 Å². The van der Waals surface area contributed by atoms with Crippen LogP contribution in [0.1, 0.15) is 32.3 Å². The van der Waals surface area contributed by atoms with Crippen molar-refractivity contribution in [1.29, 1.82) is 0 Å². The first-order chi connectivity index (χ1) is 15.9. The number of rotatable bonds is 6. The Balaban J connectivity index is 1.23.